The molecular weight excluding hydrogens is 180 g/mol. The second kappa shape index (κ2) is 4.32. The Kier molecular flexibility index (Phi) is 3.60. The van der Waals surface area contributed by atoms with Gasteiger partial charge in [0.05, 0.1) is 6.61 Å². The summed E-state index contributed by atoms with van der Waals surface area (Å²) >= 11 is 0. The standard InChI is InChI=1S/C7H14O6/c1-12-7-6(11)5(10)4(9)3(8)2-13-7/h3-11H,2H2,1H3/t3-,4-,5+,6-,7+/m1/s1. The Bertz CT molecular complexity index is 161. The lowest BCUT2D eigenvalue weighted by molar-refractivity contribution is -0.196. The van der Waals surface area contributed by atoms with Crippen molar-refractivity contribution in [1.29, 1.82) is 0 Å². The predicted octanol–water partition coefficient (Wildman–Crippen LogP) is -2.57. The molecule has 1 aliphatic rings. The largest absolute Gasteiger partial charge is 0.388 e. The highest BCUT2D eigenvalue weighted by atomic mass is 16.7. The minimum Gasteiger partial charge on any atom is -0.388 e. The van der Waals surface area contributed by atoms with E-state index in [1.807, 2.05) is 0 Å². The highest BCUT2D eigenvalue weighted by molar-refractivity contribution is 4.85. The maximum atomic E-state index is 9.33. The predicted molar refractivity (Wildman–Crippen MR) is 40.8 cm³/mol. The fourth-order valence-corrected chi connectivity index (χ4v) is 1.19. The van der Waals surface area contributed by atoms with Gasteiger partial charge in [-0.25, -0.2) is 0 Å². The van der Waals surface area contributed by atoms with Gasteiger partial charge in [-0.05, 0) is 0 Å². The van der Waals surface area contributed by atoms with Crippen LogP contribution in [-0.4, -0.2) is 64.8 Å². The summed E-state index contributed by atoms with van der Waals surface area (Å²) in [5, 5.41) is 37.0. The van der Waals surface area contributed by atoms with Crippen molar-refractivity contribution in [3.05, 3.63) is 0 Å². The van der Waals surface area contributed by atoms with Crippen LogP contribution in [0.3, 0.4) is 0 Å². The first-order valence-corrected chi connectivity index (χ1v) is 3.94. The minimum absolute atomic E-state index is 0.187. The second-order valence-electron chi connectivity index (χ2n) is 2.98. The highest BCUT2D eigenvalue weighted by Crippen LogP contribution is 2.16. The summed E-state index contributed by atoms with van der Waals surface area (Å²) in [5.41, 5.74) is 0. The molecule has 1 fully saturated rings. The van der Waals surface area contributed by atoms with Crippen molar-refractivity contribution >= 4 is 0 Å². The van der Waals surface area contributed by atoms with Crippen molar-refractivity contribution in [2.45, 2.75) is 30.7 Å². The molecule has 1 heterocycles. The fourth-order valence-electron chi connectivity index (χ4n) is 1.19. The number of rotatable bonds is 1. The van der Waals surface area contributed by atoms with Crippen LogP contribution in [0.1, 0.15) is 0 Å². The number of ether oxygens (including phenoxy) is 2. The Morgan fingerprint density at radius 3 is 2.23 bits per heavy atom. The molecule has 4 N–H and O–H groups in total. The lowest BCUT2D eigenvalue weighted by atomic mass is 10.0. The number of hydrogen-bond donors (Lipinski definition) is 4. The molecule has 0 unspecified atom stereocenters. The Morgan fingerprint density at radius 1 is 1.08 bits per heavy atom. The van der Waals surface area contributed by atoms with E-state index < -0.39 is 30.7 Å². The molecule has 6 nitrogen and oxygen atoms in total. The van der Waals surface area contributed by atoms with E-state index in [0.29, 0.717) is 0 Å². The summed E-state index contributed by atoms with van der Waals surface area (Å²) in [7, 11) is 1.30. The van der Waals surface area contributed by atoms with Crippen LogP contribution in [0.4, 0.5) is 0 Å². The zero-order valence-electron chi connectivity index (χ0n) is 7.20. The van der Waals surface area contributed by atoms with Gasteiger partial charge in [0.15, 0.2) is 6.29 Å². The maximum Gasteiger partial charge on any atom is 0.185 e. The molecule has 0 spiro atoms. The highest BCUT2D eigenvalue weighted by Gasteiger charge is 2.39. The normalized spacial score (nSPS) is 47.3. The fraction of sp³-hybridized carbons (Fsp3) is 1.00. The van der Waals surface area contributed by atoms with E-state index in [4.69, 9.17) is 14.6 Å². The van der Waals surface area contributed by atoms with Crippen LogP contribution in [0.25, 0.3) is 0 Å². The lowest BCUT2D eigenvalue weighted by Gasteiger charge is -2.23. The molecule has 0 aromatic carbocycles. The first-order valence-electron chi connectivity index (χ1n) is 3.94. The number of methoxy groups -OCH3 is 1. The SMILES string of the molecule is CO[C@H]1OC[C@@H](O)[C@@H](O)[C@H](O)[C@H]1O. The number of aliphatic hydroxyl groups is 4. The first kappa shape index (κ1) is 10.8. The molecule has 0 aromatic heterocycles. The molecule has 1 aliphatic heterocycles. The topological polar surface area (TPSA) is 99.4 Å². The molecule has 0 radical (unpaired) electrons. The first-order chi connectivity index (χ1) is 6.07. The van der Waals surface area contributed by atoms with Crippen molar-refractivity contribution in [1.82, 2.24) is 0 Å². The van der Waals surface area contributed by atoms with E-state index in [9.17, 15) is 15.3 Å². The molecule has 0 bridgehead atoms. The Morgan fingerprint density at radius 2 is 1.69 bits per heavy atom. The third-order valence-corrected chi connectivity index (χ3v) is 2.04. The van der Waals surface area contributed by atoms with Crippen LogP contribution in [-0.2, 0) is 9.47 Å². The van der Waals surface area contributed by atoms with Gasteiger partial charge in [0.2, 0.25) is 0 Å². The van der Waals surface area contributed by atoms with E-state index in [2.05, 4.69) is 0 Å². The van der Waals surface area contributed by atoms with Gasteiger partial charge in [-0.2, -0.15) is 0 Å². The van der Waals surface area contributed by atoms with Crippen LogP contribution in [0.5, 0.6) is 0 Å². The van der Waals surface area contributed by atoms with Crippen molar-refractivity contribution in [3.8, 4) is 0 Å². The molecule has 78 valence electrons. The van der Waals surface area contributed by atoms with E-state index in [0.717, 1.165) is 0 Å². The summed E-state index contributed by atoms with van der Waals surface area (Å²) in [6.07, 6.45) is -6.50. The zero-order valence-corrected chi connectivity index (χ0v) is 7.20. The van der Waals surface area contributed by atoms with Gasteiger partial charge in [-0.1, -0.05) is 0 Å². The molecule has 0 amide bonds. The second-order valence-corrected chi connectivity index (χ2v) is 2.98. The van der Waals surface area contributed by atoms with Gasteiger partial charge in [-0.15, -0.1) is 0 Å². The smallest absolute Gasteiger partial charge is 0.185 e. The van der Waals surface area contributed by atoms with Gasteiger partial charge in [-0.3, -0.25) is 0 Å². The molecule has 0 saturated carbocycles. The molecular formula is C7H14O6. The van der Waals surface area contributed by atoms with Crippen molar-refractivity contribution in [2.24, 2.45) is 0 Å². The third-order valence-electron chi connectivity index (χ3n) is 2.04. The lowest BCUT2D eigenvalue weighted by Crippen LogP contribution is -2.46. The third kappa shape index (κ3) is 2.16. The molecule has 0 aliphatic carbocycles. The zero-order chi connectivity index (χ0) is 10.0. The average Bonchev–Trinajstić information content (AvgIpc) is 2.22. The monoisotopic (exact) mass is 194 g/mol. The molecule has 5 atom stereocenters. The van der Waals surface area contributed by atoms with Crippen LogP contribution in [0, 0.1) is 0 Å². The Hall–Kier alpha value is -0.240. The molecule has 1 saturated heterocycles. The average molecular weight is 194 g/mol. The van der Waals surface area contributed by atoms with Crippen LogP contribution in [0.2, 0.25) is 0 Å². The summed E-state index contributed by atoms with van der Waals surface area (Å²) in [5.74, 6) is 0. The molecule has 0 aromatic rings. The van der Waals surface area contributed by atoms with Crippen molar-refractivity contribution < 1.29 is 29.9 Å². The summed E-state index contributed by atoms with van der Waals surface area (Å²) in [4.78, 5) is 0. The van der Waals surface area contributed by atoms with Gasteiger partial charge in [0.25, 0.3) is 0 Å². The summed E-state index contributed by atoms with van der Waals surface area (Å²) in [6, 6.07) is 0. The van der Waals surface area contributed by atoms with Gasteiger partial charge in [0, 0.05) is 7.11 Å². The minimum atomic E-state index is -1.47. The summed E-state index contributed by atoms with van der Waals surface area (Å²) in [6.45, 7) is -0.187. The van der Waals surface area contributed by atoms with Crippen molar-refractivity contribution in [2.75, 3.05) is 13.7 Å². The van der Waals surface area contributed by atoms with Crippen LogP contribution >= 0.6 is 0 Å². The van der Waals surface area contributed by atoms with Crippen LogP contribution in [0.15, 0.2) is 0 Å². The maximum absolute atomic E-state index is 9.33. The molecule has 1 rings (SSSR count). The van der Waals surface area contributed by atoms with Gasteiger partial charge < -0.3 is 29.9 Å². The van der Waals surface area contributed by atoms with E-state index in [1.54, 1.807) is 0 Å². The quantitative estimate of drug-likeness (QED) is 0.366. The van der Waals surface area contributed by atoms with Crippen LogP contribution < -0.4 is 0 Å². The Labute approximate surface area is 75.3 Å². The van der Waals surface area contributed by atoms with Gasteiger partial charge >= 0.3 is 0 Å². The number of aliphatic hydroxyl groups excluding tert-OH is 4. The summed E-state index contributed by atoms with van der Waals surface area (Å²) < 4.78 is 9.57. The van der Waals surface area contributed by atoms with E-state index in [-0.39, 0.29) is 6.61 Å². The Balaban J connectivity index is 2.69. The molecule has 6 heteroatoms. The van der Waals surface area contributed by atoms with Gasteiger partial charge in [0.1, 0.15) is 24.4 Å². The van der Waals surface area contributed by atoms with Crippen molar-refractivity contribution in [3.63, 3.8) is 0 Å². The van der Waals surface area contributed by atoms with E-state index in [1.165, 1.54) is 7.11 Å². The number of hydrogen-bond acceptors (Lipinski definition) is 6. The van der Waals surface area contributed by atoms with E-state index >= 15 is 0 Å². The molecule has 13 heavy (non-hydrogen) atoms.